The Morgan fingerprint density at radius 2 is 2.15 bits per heavy atom. The van der Waals surface area contributed by atoms with E-state index in [1.807, 2.05) is 13.8 Å². The number of hydrogen-bond acceptors (Lipinski definition) is 5. The highest BCUT2D eigenvalue weighted by Gasteiger charge is 2.24. The van der Waals surface area contributed by atoms with Gasteiger partial charge in [0.25, 0.3) is 0 Å². The quantitative estimate of drug-likeness (QED) is 0.624. The summed E-state index contributed by atoms with van der Waals surface area (Å²) in [4.78, 5) is 4.36. The minimum atomic E-state index is 0.321. The maximum Gasteiger partial charge on any atom is 0.191 e. The number of aryl methyl sites for hydroxylation is 3. The topological polar surface area (TPSA) is 93.2 Å². The molecular weight excluding hydrogens is 330 g/mol. The molecule has 0 spiro atoms. The summed E-state index contributed by atoms with van der Waals surface area (Å²) in [5, 5.41) is 19.6. The van der Waals surface area contributed by atoms with Gasteiger partial charge in [0.15, 0.2) is 5.96 Å². The Morgan fingerprint density at radius 3 is 2.81 bits per heavy atom. The third kappa shape index (κ3) is 3.89. The Hall–Kier alpha value is -2.38. The highest BCUT2D eigenvalue weighted by atomic mass is 16.5. The van der Waals surface area contributed by atoms with Gasteiger partial charge in [0.2, 0.25) is 0 Å². The zero-order valence-electron chi connectivity index (χ0n) is 16.3. The number of nitrogens with zero attached hydrogens (tertiary/aromatic N) is 5. The van der Waals surface area contributed by atoms with Gasteiger partial charge < -0.3 is 19.7 Å². The summed E-state index contributed by atoms with van der Waals surface area (Å²) in [5.74, 6) is 4.24. The van der Waals surface area contributed by atoms with Crippen LogP contribution in [0.3, 0.4) is 0 Å². The van der Waals surface area contributed by atoms with Crippen LogP contribution in [0.4, 0.5) is 0 Å². The van der Waals surface area contributed by atoms with Crippen molar-refractivity contribution in [3.05, 3.63) is 28.7 Å². The lowest BCUT2D eigenvalue weighted by atomic mass is 10.1. The molecule has 3 heterocycles. The summed E-state index contributed by atoms with van der Waals surface area (Å²) in [7, 11) is 1.80. The summed E-state index contributed by atoms with van der Waals surface area (Å²) >= 11 is 0. The Labute approximate surface area is 154 Å². The van der Waals surface area contributed by atoms with E-state index in [2.05, 4.69) is 49.4 Å². The number of rotatable bonds is 5. The molecule has 8 heteroatoms. The second-order valence-corrected chi connectivity index (χ2v) is 7.17. The zero-order chi connectivity index (χ0) is 18.7. The number of aromatic nitrogens is 4. The molecule has 0 bridgehead atoms. The molecular formula is C18H29N7O. The summed E-state index contributed by atoms with van der Waals surface area (Å²) in [6, 6.07) is 0.321. The first-order chi connectivity index (χ1) is 12.5. The van der Waals surface area contributed by atoms with Crippen LogP contribution in [0.15, 0.2) is 9.52 Å². The van der Waals surface area contributed by atoms with Crippen molar-refractivity contribution in [3.63, 3.8) is 0 Å². The number of aliphatic imine (C=N–C) groups is 1. The number of guanidine groups is 1. The van der Waals surface area contributed by atoms with E-state index in [1.165, 1.54) is 5.56 Å². The Bertz CT molecular complexity index is 755. The van der Waals surface area contributed by atoms with Crippen molar-refractivity contribution in [1.82, 2.24) is 30.6 Å². The first kappa shape index (κ1) is 18.4. The van der Waals surface area contributed by atoms with Crippen LogP contribution in [0.1, 0.15) is 54.9 Å². The van der Waals surface area contributed by atoms with E-state index in [0.717, 1.165) is 61.4 Å². The van der Waals surface area contributed by atoms with E-state index in [-0.39, 0.29) is 0 Å². The van der Waals surface area contributed by atoms with Crippen molar-refractivity contribution in [2.24, 2.45) is 4.99 Å². The average Bonchev–Trinajstić information content (AvgIpc) is 3.18. The predicted octanol–water partition coefficient (Wildman–Crippen LogP) is 1.73. The van der Waals surface area contributed by atoms with E-state index in [9.17, 15) is 0 Å². The van der Waals surface area contributed by atoms with Gasteiger partial charge in [0.05, 0.1) is 5.69 Å². The van der Waals surface area contributed by atoms with Gasteiger partial charge in [-0.25, -0.2) is 0 Å². The minimum Gasteiger partial charge on any atom is -0.361 e. The zero-order valence-corrected chi connectivity index (χ0v) is 16.3. The molecule has 8 nitrogen and oxygen atoms in total. The van der Waals surface area contributed by atoms with E-state index < -0.39 is 0 Å². The van der Waals surface area contributed by atoms with Crippen molar-refractivity contribution < 1.29 is 4.52 Å². The van der Waals surface area contributed by atoms with Crippen LogP contribution in [0, 0.1) is 13.8 Å². The smallest absolute Gasteiger partial charge is 0.191 e. The van der Waals surface area contributed by atoms with Crippen LogP contribution in [-0.2, 0) is 19.4 Å². The third-order valence-electron chi connectivity index (χ3n) is 4.90. The third-order valence-corrected chi connectivity index (χ3v) is 4.90. The highest BCUT2D eigenvalue weighted by molar-refractivity contribution is 5.79. The first-order valence-corrected chi connectivity index (χ1v) is 9.30. The maximum atomic E-state index is 5.22. The first-order valence-electron chi connectivity index (χ1n) is 9.30. The fraction of sp³-hybridized carbons (Fsp3) is 0.667. The van der Waals surface area contributed by atoms with E-state index in [4.69, 9.17) is 4.52 Å². The van der Waals surface area contributed by atoms with Gasteiger partial charge in [0.1, 0.15) is 17.4 Å². The fourth-order valence-corrected chi connectivity index (χ4v) is 3.45. The Kier molecular flexibility index (Phi) is 5.58. The van der Waals surface area contributed by atoms with Crippen LogP contribution < -0.4 is 10.6 Å². The molecule has 0 aromatic carbocycles. The molecule has 1 aliphatic heterocycles. The van der Waals surface area contributed by atoms with Crippen molar-refractivity contribution in [1.29, 1.82) is 0 Å². The molecule has 142 valence electrons. The van der Waals surface area contributed by atoms with Gasteiger partial charge in [-0.3, -0.25) is 4.99 Å². The molecule has 0 aliphatic carbocycles. The highest BCUT2D eigenvalue weighted by Crippen LogP contribution is 2.20. The predicted molar refractivity (Wildman–Crippen MR) is 100 cm³/mol. The maximum absolute atomic E-state index is 5.22. The number of hydrogen-bond donors (Lipinski definition) is 2. The molecule has 1 atom stereocenters. The summed E-state index contributed by atoms with van der Waals surface area (Å²) in [6.45, 7) is 9.90. The molecule has 0 radical (unpaired) electrons. The molecule has 0 saturated heterocycles. The van der Waals surface area contributed by atoms with E-state index in [0.29, 0.717) is 12.0 Å². The van der Waals surface area contributed by atoms with Crippen molar-refractivity contribution in [2.75, 3.05) is 13.6 Å². The molecule has 0 saturated carbocycles. The number of fused-ring (bicyclic) bond motifs is 1. The van der Waals surface area contributed by atoms with Gasteiger partial charge in [0, 0.05) is 44.1 Å². The van der Waals surface area contributed by atoms with Crippen molar-refractivity contribution in [2.45, 2.75) is 65.5 Å². The van der Waals surface area contributed by atoms with Gasteiger partial charge in [-0.2, -0.15) is 0 Å². The summed E-state index contributed by atoms with van der Waals surface area (Å²) < 4.78 is 7.47. The number of nitrogens with one attached hydrogen (secondary N) is 2. The molecule has 2 aromatic rings. The molecule has 26 heavy (non-hydrogen) atoms. The Morgan fingerprint density at radius 1 is 1.35 bits per heavy atom. The lowest BCUT2D eigenvalue weighted by Crippen LogP contribution is -2.47. The van der Waals surface area contributed by atoms with Crippen LogP contribution >= 0.6 is 0 Å². The van der Waals surface area contributed by atoms with E-state index in [1.54, 1.807) is 7.05 Å². The molecule has 0 amide bonds. The van der Waals surface area contributed by atoms with Crippen molar-refractivity contribution in [3.8, 4) is 0 Å². The van der Waals surface area contributed by atoms with Crippen LogP contribution in [-0.4, -0.2) is 45.5 Å². The second-order valence-electron chi connectivity index (χ2n) is 7.17. The minimum absolute atomic E-state index is 0.321. The van der Waals surface area contributed by atoms with Crippen molar-refractivity contribution >= 4 is 5.96 Å². The van der Waals surface area contributed by atoms with Gasteiger partial charge >= 0.3 is 0 Å². The standard InChI is InChI=1S/C18H29N7O/c1-11(2)17-23-22-16-7-6-14(10-25(16)17)21-18(19-5)20-9-8-15-12(3)24-26-13(15)4/h11,14H,6-10H2,1-5H3,(H2,19,20,21). The largest absolute Gasteiger partial charge is 0.361 e. The monoisotopic (exact) mass is 359 g/mol. The molecule has 1 aliphatic rings. The molecule has 1 unspecified atom stereocenters. The average molecular weight is 359 g/mol. The summed E-state index contributed by atoms with van der Waals surface area (Å²) in [6.07, 6.45) is 2.83. The lowest BCUT2D eigenvalue weighted by molar-refractivity contribution is 0.392. The lowest BCUT2D eigenvalue weighted by Gasteiger charge is -2.27. The fourth-order valence-electron chi connectivity index (χ4n) is 3.45. The normalized spacial score (nSPS) is 17.5. The van der Waals surface area contributed by atoms with Crippen LogP contribution in [0.5, 0.6) is 0 Å². The second kappa shape index (κ2) is 7.88. The molecule has 2 aromatic heterocycles. The van der Waals surface area contributed by atoms with Crippen LogP contribution in [0.25, 0.3) is 0 Å². The summed E-state index contributed by atoms with van der Waals surface area (Å²) in [5.41, 5.74) is 2.13. The Balaban J connectivity index is 1.55. The van der Waals surface area contributed by atoms with Gasteiger partial charge in [-0.15, -0.1) is 10.2 Å². The molecule has 3 rings (SSSR count). The molecule has 2 N–H and O–H groups in total. The van der Waals surface area contributed by atoms with Gasteiger partial charge in [-0.05, 0) is 26.7 Å². The SMILES string of the molecule is CN=C(NCCc1c(C)noc1C)NC1CCc2nnc(C(C)C)n2C1. The van der Waals surface area contributed by atoms with Gasteiger partial charge in [-0.1, -0.05) is 19.0 Å². The van der Waals surface area contributed by atoms with E-state index >= 15 is 0 Å². The van der Waals surface area contributed by atoms with Crippen LogP contribution in [0.2, 0.25) is 0 Å². The molecule has 0 fully saturated rings.